The Labute approximate surface area is 321 Å². The molecule has 0 aliphatic heterocycles. The molecule has 3 radical (unpaired) electrons. The molecule has 0 saturated heterocycles. The van der Waals surface area contributed by atoms with E-state index in [1.165, 1.54) is 19.0 Å². The van der Waals surface area contributed by atoms with Crippen LogP contribution in [0.15, 0.2) is 9.98 Å². The molecule has 8 N–H and O–H groups in total. The van der Waals surface area contributed by atoms with E-state index in [-0.39, 0.29) is 86.2 Å². The summed E-state index contributed by atoms with van der Waals surface area (Å²) in [6.07, 6.45) is 0. The Balaban J connectivity index is -0.0000000361. The fraction of sp³-hybridized carbons (Fsp3) is 0.773. The minimum Gasteiger partial charge on any atom is -0.858 e. The molecular weight excluding hydrogens is 844 g/mol. The first-order chi connectivity index (χ1) is 18.3. The number of hydrogen-bond donors (Lipinski definition) is 0. The van der Waals surface area contributed by atoms with Crippen LogP contribution in [-0.4, -0.2) is 166 Å². The predicted molar refractivity (Wildman–Crippen MR) is 153 cm³/mol. The molecule has 0 fully saturated rings. The van der Waals surface area contributed by atoms with Gasteiger partial charge in [-0.25, -0.2) is 18.6 Å². The van der Waals surface area contributed by atoms with Gasteiger partial charge in [0, 0.05) is 56.5 Å². The van der Waals surface area contributed by atoms with Gasteiger partial charge < -0.3 is 76.9 Å². The van der Waals surface area contributed by atoms with Crippen LogP contribution < -0.4 is 39.1 Å². The number of isothiocyanates is 1. The number of likely N-dealkylation sites (N-methyl/N-ethyl adjacent to an activating group) is 4. The minimum absolute atomic E-state index is 0. The zero-order chi connectivity index (χ0) is 34.0. The Hall–Kier alpha value is -0.952. The molecule has 0 bridgehead atoms. The Morgan fingerprint density at radius 1 is 0.625 bits per heavy atom. The number of carbonyl (C=O) groups is 2. The van der Waals surface area contributed by atoms with E-state index in [1.54, 1.807) is 0 Å². The summed E-state index contributed by atoms with van der Waals surface area (Å²) in [7, 11) is 11.7. The molecule has 0 aliphatic rings. The summed E-state index contributed by atoms with van der Waals surface area (Å²) in [5, 5.41) is 49.8. The summed E-state index contributed by atoms with van der Waals surface area (Å²) in [4.78, 5) is 35.2. The quantitative estimate of drug-likeness (QED) is 0.0851. The first kappa shape index (κ1) is 81.2. The molecule has 0 amide bonds. The standard InChI is InChI=1S/C9H14N2O6.2C6H16N2.CNS.ClHO4.3Cu.4H2O/c1-9(2,3-10-5(12)7(14)15)4-11-6(13)8(16)17;2*1-7(2)5-6-8(3)4;2-1-3;2-1(3,4)5;;;;;;;/h3-4H2,1-2H3,(H,10,12)(H,11,13)(H,14,15)(H,16,17);2*5-6H2,1-4H3;;(H,2,3,4,5);;;;4*1H2/q;;;-1;;3*+2;;;;/p-5. The van der Waals surface area contributed by atoms with Gasteiger partial charge in [-0.2, -0.15) is 5.16 Å². The Kier molecular flexibility index (Phi) is 81.5. The van der Waals surface area contributed by atoms with Crippen molar-refractivity contribution in [2.45, 2.75) is 13.8 Å². The van der Waals surface area contributed by atoms with E-state index in [2.05, 4.69) is 98.2 Å². The molecule has 0 aromatic heterocycles. The number of thiocarbonyl (C=S) groups is 1. The Morgan fingerprint density at radius 3 is 0.875 bits per heavy atom. The van der Waals surface area contributed by atoms with Gasteiger partial charge in [0.15, 0.2) is 0 Å². The van der Waals surface area contributed by atoms with Crippen LogP contribution in [0.3, 0.4) is 0 Å². The van der Waals surface area contributed by atoms with Crippen LogP contribution in [0.1, 0.15) is 13.8 Å². The third-order valence-electron chi connectivity index (χ3n) is 3.64. The van der Waals surface area contributed by atoms with E-state index >= 15 is 0 Å². The van der Waals surface area contributed by atoms with Crippen LogP contribution in [0.5, 0.6) is 0 Å². The fourth-order valence-corrected chi connectivity index (χ4v) is 1.55. The number of hydrogen-bond acceptors (Lipinski definition) is 17. The minimum atomic E-state index is -4.94. The van der Waals surface area contributed by atoms with Gasteiger partial charge in [0.1, 0.15) is 0 Å². The van der Waals surface area contributed by atoms with Gasteiger partial charge in [-0.3, -0.25) is 9.98 Å². The molecule has 0 aliphatic carbocycles. The van der Waals surface area contributed by atoms with E-state index < -0.39 is 39.4 Å². The van der Waals surface area contributed by atoms with Gasteiger partial charge >= 0.3 is 51.2 Å². The zero-order valence-electron chi connectivity index (χ0n) is 28.1. The van der Waals surface area contributed by atoms with Gasteiger partial charge in [0.25, 0.3) is 0 Å². The molecule has 0 aromatic rings. The van der Waals surface area contributed by atoms with Crippen molar-refractivity contribution in [3.05, 3.63) is 5.41 Å². The van der Waals surface area contributed by atoms with Gasteiger partial charge in [-0.15, -0.1) is 10.2 Å². The Bertz CT molecular complexity index is 737. The molecule has 0 heterocycles. The van der Waals surface area contributed by atoms with E-state index in [0.717, 1.165) is 26.2 Å². The number of halogens is 1. The number of carboxylic acid groups (broad SMARTS) is 2. The zero-order valence-corrected chi connectivity index (χ0v) is 32.5. The van der Waals surface area contributed by atoms with Crippen LogP contribution in [0.4, 0.5) is 0 Å². The van der Waals surface area contributed by atoms with Crippen molar-refractivity contribution < 1.29 is 132 Å². The average molecular weight is 895 g/mol. The van der Waals surface area contributed by atoms with Gasteiger partial charge in [0.05, 0.1) is 11.9 Å². The van der Waals surface area contributed by atoms with Crippen LogP contribution in [0.2, 0.25) is 0 Å². The fourth-order valence-electron chi connectivity index (χ4n) is 1.55. The third kappa shape index (κ3) is 104. The predicted octanol–water partition coefficient (Wildman–Crippen LogP) is -12.2. The molecule has 21 nitrogen and oxygen atoms in total. The van der Waals surface area contributed by atoms with Crippen molar-refractivity contribution in [1.29, 1.82) is 0 Å². The van der Waals surface area contributed by atoms with E-state index in [1.807, 2.05) is 0 Å². The SMILES string of the molecule is CC(C)(CN=C([O-])C(=O)[O-])CN=C([O-])C(=O)[O-].CN(C)CCN(C)C.CN(C)CCN(C)C.O.O.O.O.[Cu+2].[Cu+2].[Cu+2].[N-]=C=S.[O-][Cl+3]([O-])([O-])[O-]. The summed E-state index contributed by atoms with van der Waals surface area (Å²) in [5.74, 6) is -6.68. The number of carbonyl (C=O) groups excluding carboxylic acids is 2. The number of aliphatic imine (C=N–C) groups is 2. The van der Waals surface area contributed by atoms with Crippen LogP contribution in [-0.2, 0) is 60.8 Å². The number of nitrogens with zero attached hydrogens (tertiary/aromatic N) is 7. The second-order valence-corrected chi connectivity index (χ2v) is 10.6. The maximum Gasteiger partial charge on any atom is 2.00 e. The van der Waals surface area contributed by atoms with E-state index in [4.69, 9.17) is 24.0 Å². The summed E-state index contributed by atoms with van der Waals surface area (Å²) >= 11 is 3.70. The van der Waals surface area contributed by atoms with E-state index in [9.17, 15) is 30.0 Å². The number of carboxylic acids is 2. The van der Waals surface area contributed by atoms with E-state index in [0.29, 0.717) is 0 Å². The van der Waals surface area contributed by atoms with Crippen LogP contribution in [0, 0.1) is 15.7 Å². The van der Waals surface area contributed by atoms with Crippen molar-refractivity contribution >= 4 is 41.1 Å². The summed E-state index contributed by atoms with van der Waals surface area (Å²) in [5.41, 5.74) is -0.823. The number of aliphatic carboxylic acids is 2. The molecule has 0 atom stereocenters. The van der Waals surface area contributed by atoms with Gasteiger partial charge in [-0.1, -0.05) is 26.1 Å². The molecule has 0 rings (SSSR count). The topological polar surface area (TPSA) is 405 Å². The molecule has 0 spiro atoms. The van der Waals surface area contributed by atoms with Crippen molar-refractivity contribution in [3.8, 4) is 0 Å². The summed E-state index contributed by atoms with van der Waals surface area (Å²) in [6.45, 7) is 7.21. The molecule has 48 heavy (non-hydrogen) atoms. The molecule has 0 unspecified atom stereocenters. The first-order valence-electron chi connectivity index (χ1n) is 11.4. The monoisotopic (exact) mass is 892 g/mol. The molecular formula is C22H50ClCu3N7O14S. The summed E-state index contributed by atoms with van der Waals surface area (Å²) < 4.78 is 34.0. The van der Waals surface area contributed by atoms with Crippen molar-refractivity contribution in [3.63, 3.8) is 0 Å². The van der Waals surface area contributed by atoms with Crippen molar-refractivity contribution in [2.24, 2.45) is 15.4 Å². The largest absolute Gasteiger partial charge is 2.00 e. The molecule has 303 valence electrons. The third-order valence-corrected chi connectivity index (χ3v) is 3.64. The van der Waals surface area contributed by atoms with Crippen LogP contribution in [0.25, 0.3) is 5.41 Å². The summed E-state index contributed by atoms with van der Waals surface area (Å²) in [6, 6.07) is 0. The maximum atomic E-state index is 10.6. The van der Waals surface area contributed by atoms with Crippen molar-refractivity contribution in [2.75, 3.05) is 95.6 Å². The maximum absolute atomic E-state index is 10.6. The molecule has 26 heteroatoms. The number of rotatable bonds is 10. The smallest absolute Gasteiger partial charge is 0.858 e. The van der Waals surface area contributed by atoms with Crippen molar-refractivity contribution in [1.82, 2.24) is 19.6 Å². The molecule has 0 aromatic carbocycles. The van der Waals surface area contributed by atoms with Gasteiger partial charge in [0.2, 0.25) is 0 Å². The van der Waals surface area contributed by atoms with Crippen LogP contribution >= 0.6 is 12.2 Å². The first-order valence-corrected chi connectivity index (χ1v) is 13.0. The second-order valence-electron chi connectivity index (χ2n) is 9.66. The average Bonchev–Trinajstić information content (AvgIpc) is 2.78. The second kappa shape index (κ2) is 48.2. The normalized spacial score (nSPS) is 9.96. The Morgan fingerprint density at radius 2 is 0.771 bits per heavy atom. The molecule has 0 saturated carbocycles. The van der Waals surface area contributed by atoms with Gasteiger partial charge in [-0.05, 0) is 56.4 Å².